The Labute approximate surface area is 156 Å². The van der Waals surface area contributed by atoms with Crippen LogP contribution in [-0.4, -0.2) is 23.4 Å². The Kier molecular flexibility index (Phi) is 6.12. The Hall–Kier alpha value is -3.42. The molecule has 8 heteroatoms. The Morgan fingerprint density at radius 1 is 1.19 bits per heavy atom. The Morgan fingerprint density at radius 3 is 2.52 bits per heavy atom. The second-order valence-corrected chi connectivity index (χ2v) is 6.24. The van der Waals surface area contributed by atoms with Crippen LogP contribution in [0.2, 0.25) is 0 Å². The molecule has 0 spiro atoms. The number of amides is 1. The number of carbonyl (C=O) groups excluding carboxylic acids is 2. The van der Waals surface area contributed by atoms with Gasteiger partial charge in [0.2, 0.25) is 0 Å². The van der Waals surface area contributed by atoms with E-state index in [2.05, 4.69) is 5.32 Å². The summed E-state index contributed by atoms with van der Waals surface area (Å²) in [4.78, 5) is 34.3. The fraction of sp³-hybridized carbons (Fsp3) is 0.263. The number of carbonyl (C=O) groups is 2. The number of nitro benzene ring substituents is 1. The molecule has 2 aromatic rings. The molecular weight excluding hydrogens is 350 g/mol. The third-order valence-electron chi connectivity index (χ3n) is 4.21. The number of anilines is 1. The van der Waals surface area contributed by atoms with Gasteiger partial charge in [-0.3, -0.25) is 14.9 Å². The second-order valence-electron chi connectivity index (χ2n) is 6.24. The number of ether oxygens (including phenoxy) is 1. The van der Waals surface area contributed by atoms with Gasteiger partial charge in [-0.2, -0.15) is 0 Å². The van der Waals surface area contributed by atoms with Gasteiger partial charge in [-0.1, -0.05) is 18.2 Å². The van der Waals surface area contributed by atoms with Gasteiger partial charge in [-0.25, -0.2) is 4.79 Å². The quantitative estimate of drug-likeness (QED) is 0.348. The number of nitrogens with zero attached hydrogens (tertiary/aromatic N) is 1. The molecule has 0 saturated heterocycles. The Balaban J connectivity index is 1.97. The van der Waals surface area contributed by atoms with E-state index in [-0.39, 0.29) is 23.0 Å². The third kappa shape index (κ3) is 5.04. The molecule has 0 fully saturated rings. The van der Waals surface area contributed by atoms with Gasteiger partial charge in [0.1, 0.15) is 0 Å². The molecule has 0 unspecified atom stereocenters. The largest absolute Gasteiger partial charge is 0.452 e. The van der Waals surface area contributed by atoms with E-state index in [1.165, 1.54) is 12.1 Å². The summed E-state index contributed by atoms with van der Waals surface area (Å²) in [5.74, 6) is -1.39. The average Bonchev–Trinajstić information content (AvgIpc) is 2.62. The van der Waals surface area contributed by atoms with Gasteiger partial charge >= 0.3 is 5.97 Å². The van der Waals surface area contributed by atoms with Crippen LogP contribution in [0.5, 0.6) is 0 Å². The molecule has 0 aliphatic rings. The zero-order valence-corrected chi connectivity index (χ0v) is 15.3. The Bertz CT molecular complexity index is 895. The summed E-state index contributed by atoms with van der Waals surface area (Å²) >= 11 is 0. The first-order chi connectivity index (χ1) is 12.7. The van der Waals surface area contributed by atoms with Crippen LogP contribution >= 0.6 is 0 Å². The number of nitrogens with one attached hydrogen (secondary N) is 1. The Morgan fingerprint density at radius 2 is 1.89 bits per heavy atom. The van der Waals surface area contributed by atoms with Crippen molar-refractivity contribution >= 4 is 23.3 Å². The fourth-order valence-corrected chi connectivity index (χ4v) is 2.44. The molecule has 1 amide bonds. The summed E-state index contributed by atoms with van der Waals surface area (Å²) in [6, 6.07) is 9.06. The van der Waals surface area contributed by atoms with E-state index < -0.39 is 23.4 Å². The van der Waals surface area contributed by atoms with Gasteiger partial charge < -0.3 is 15.8 Å². The zero-order valence-electron chi connectivity index (χ0n) is 15.3. The number of nitrogen functional groups attached to an aromatic ring is 1. The molecule has 2 rings (SSSR count). The van der Waals surface area contributed by atoms with Crippen molar-refractivity contribution in [2.45, 2.75) is 26.8 Å². The second kappa shape index (κ2) is 8.31. The number of benzene rings is 2. The van der Waals surface area contributed by atoms with Crippen molar-refractivity contribution in [1.82, 2.24) is 5.32 Å². The SMILES string of the molecule is Cc1ccc([C@@H](C)NC(=O)COC(=O)c2cc([N+](=O)[O-])ccc2N)cc1C. The van der Waals surface area contributed by atoms with Crippen molar-refractivity contribution in [1.29, 1.82) is 0 Å². The number of rotatable bonds is 6. The van der Waals surface area contributed by atoms with Crippen LogP contribution < -0.4 is 11.1 Å². The minimum Gasteiger partial charge on any atom is -0.452 e. The monoisotopic (exact) mass is 371 g/mol. The van der Waals surface area contributed by atoms with Gasteiger partial charge in [0, 0.05) is 17.8 Å². The molecule has 1 atom stereocenters. The predicted molar refractivity (Wildman–Crippen MR) is 100 cm³/mol. The number of non-ortho nitro benzene ring substituents is 1. The van der Waals surface area contributed by atoms with Crippen molar-refractivity contribution in [2.24, 2.45) is 0 Å². The molecule has 0 saturated carbocycles. The molecule has 0 aliphatic carbocycles. The van der Waals surface area contributed by atoms with Crippen molar-refractivity contribution < 1.29 is 19.2 Å². The van der Waals surface area contributed by atoms with Crippen LogP contribution in [-0.2, 0) is 9.53 Å². The third-order valence-corrected chi connectivity index (χ3v) is 4.21. The van der Waals surface area contributed by atoms with Gasteiger partial charge in [0.15, 0.2) is 6.61 Å². The van der Waals surface area contributed by atoms with E-state index >= 15 is 0 Å². The van der Waals surface area contributed by atoms with E-state index in [9.17, 15) is 19.7 Å². The van der Waals surface area contributed by atoms with Crippen molar-refractivity contribution in [3.8, 4) is 0 Å². The average molecular weight is 371 g/mol. The van der Waals surface area contributed by atoms with Crippen molar-refractivity contribution in [3.05, 3.63) is 68.8 Å². The molecular formula is C19H21N3O5. The number of nitrogens with two attached hydrogens (primary N) is 1. The van der Waals surface area contributed by atoms with Gasteiger partial charge in [0.25, 0.3) is 11.6 Å². The predicted octanol–water partition coefficient (Wildman–Crippen LogP) is 2.83. The smallest absolute Gasteiger partial charge is 0.341 e. The van der Waals surface area contributed by atoms with Gasteiger partial charge in [0.05, 0.1) is 16.5 Å². The number of esters is 1. The standard InChI is InChI=1S/C19H21N3O5/c1-11-4-5-14(8-12(11)2)13(3)21-18(23)10-27-19(24)16-9-15(22(25)26)6-7-17(16)20/h4-9,13H,10,20H2,1-3H3,(H,21,23)/t13-/m1/s1. The lowest BCUT2D eigenvalue weighted by molar-refractivity contribution is -0.384. The summed E-state index contributed by atoms with van der Waals surface area (Å²) in [5, 5.41) is 13.5. The molecule has 0 radical (unpaired) electrons. The van der Waals surface area contributed by atoms with E-state index in [4.69, 9.17) is 10.5 Å². The minimum absolute atomic E-state index is 0.0366. The highest BCUT2D eigenvalue weighted by atomic mass is 16.6. The summed E-state index contributed by atoms with van der Waals surface area (Å²) in [5.41, 5.74) is 8.45. The highest BCUT2D eigenvalue weighted by Crippen LogP contribution is 2.20. The minimum atomic E-state index is -0.898. The molecule has 0 heterocycles. The van der Waals surface area contributed by atoms with Gasteiger partial charge in [-0.05, 0) is 43.5 Å². The van der Waals surface area contributed by atoms with E-state index in [0.717, 1.165) is 22.8 Å². The lowest BCUT2D eigenvalue weighted by atomic mass is 10.0. The van der Waals surface area contributed by atoms with Crippen molar-refractivity contribution in [3.63, 3.8) is 0 Å². The molecule has 0 aromatic heterocycles. The van der Waals surface area contributed by atoms with E-state index in [1.54, 1.807) is 0 Å². The van der Waals surface area contributed by atoms with Crippen LogP contribution in [0, 0.1) is 24.0 Å². The summed E-state index contributed by atoms with van der Waals surface area (Å²) in [7, 11) is 0. The van der Waals surface area contributed by atoms with Crippen LogP contribution in [0.1, 0.15) is 40.0 Å². The lowest BCUT2D eigenvalue weighted by Gasteiger charge is -2.16. The molecule has 8 nitrogen and oxygen atoms in total. The van der Waals surface area contributed by atoms with Gasteiger partial charge in [-0.15, -0.1) is 0 Å². The highest BCUT2D eigenvalue weighted by Gasteiger charge is 2.18. The topological polar surface area (TPSA) is 125 Å². The lowest BCUT2D eigenvalue weighted by Crippen LogP contribution is -2.31. The molecule has 27 heavy (non-hydrogen) atoms. The van der Waals surface area contributed by atoms with Crippen LogP contribution in [0.3, 0.4) is 0 Å². The molecule has 3 N–H and O–H groups in total. The molecule has 142 valence electrons. The first-order valence-electron chi connectivity index (χ1n) is 8.26. The maximum absolute atomic E-state index is 12.1. The zero-order chi connectivity index (χ0) is 20.1. The fourth-order valence-electron chi connectivity index (χ4n) is 2.44. The summed E-state index contributed by atoms with van der Waals surface area (Å²) in [6.07, 6.45) is 0. The van der Waals surface area contributed by atoms with E-state index in [0.29, 0.717) is 0 Å². The number of nitro groups is 1. The van der Waals surface area contributed by atoms with Crippen molar-refractivity contribution in [2.75, 3.05) is 12.3 Å². The highest BCUT2D eigenvalue weighted by molar-refractivity contribution is 5.97. The molecule has 2 aromatic carbocycles. The first-order valence-corrected chi connectivity index (χ1v) is 8.26. The normalized spacial score (nSPS) is 11.5. The summed E-state index contributed by atoms with van der Waals surface area (Å²) in [6.45, 7) is 5.29. The first kappa shape index (κ1) is 19.9. The number of hydrogen-bond donors (Lipinski definition) is 2. The number of aryl methyl sites for hydroxylation is 2. The molecule has 0 bridgehead atoms. The van der Waals surface area contributed by atoms with Crippen LogP contribution in [0.4, 0.5) is 11.4 Å². The summed E-state index contributed by atoms with van der Waals surface area (Å²) < 4.78 is 4.93. The van der Waals surface area contributed by atoms with Crippen LogP contribution in [0.25, 0.3) is 0 Å². The van der Waals surface area contributed by atoms with Crippen LogP contribution in [0.15, 0.2) is 36.4 Å². The number of hydrogen-bond acceptors (Lipinski definition) is 6. The molecule has 0 aliphatic heterocycles. The maximum Gasteiger partial charge on any atom is 0.341 e. The van der Waals surface area contributed by atoms with E-state index in [1.807, 2.05) is 39.0 Å². The maximum atomic E-state index is 12.1.